The van der Waals surface area contributed by atoms with Crippen molar-refractivity contribution in [3.8, 4) is 0 Å². The summed E-state index contributed by atoms with van der Waals surface area (Å²) in [5.41, 5.74) is 1.97. The van der Waals surface area contributed by atoms with Crippen LogP contribution in [0, 0.1) is 6.92 Å². The van der Waals surface area contributed by atoms with E-state index >= 15 is 0 Å². The maximum Gasteiger partial charge on any atom is 0.287 e. The quantitative estimate of drug-likeness (QED) is 0.819. The predicted molar refractivity (Wildman–Crippen MR) is 110 cm³/mol. The highest BCUT2D eigenvalue weighted by molar-refractivity contribution is 6.33. The van der Waals surface area contributed by atoms with Gasteiger partial charge in [-0.15, -0.1) is 0 Å². The summed E-state index contributed by atoms with van der Waals surface area (Å²) in [5, 5.41) is 7.85. The van der Waals surface area contributed by atoms with Crippen LogP contribution in [0.5, 0.6) is 0 Å². The molecule has 148 valence electrons. The van der Waals surface area contributed by atoms with E-state index in [9.17, 15) is 9.59 Å². The molecule has 2 atom stereocenters. The van der Waals surface area contributed by atoms with Crippen molar-refractivity contribution >= 4 is 40.5 Å². The van der Waals surface area contributed by atoms with Gasteiger partial charge in [0, 0.05) is 42.9 Å². The molecule has 1 aromatic carbocycles. The number of aryl methyl sites for hydroxylation is 1. The van der Waals surface area contributed by atoms with E-state index in [2.05, 4.69) is 20.2 Å². The van der Waals surface area contributed by atoms with E-state index in [0.29, 0.717) is 30.3 Å². The third-order valence-corrected chi connectivity index (χ3v) is 6.38. The molecular formula is C19H21Cl2N5O2. The first-order valence-electron chi connectivity index (χ1n) is 9.12. The zero-order chi connectivity index (χ0) is 20.0. The molecule has 5 rings (SSSR count). The summed E-state index contributed by atoms with van der Waals surface area (Å²) in [6.07, 6.45) is 2.67. The molecule has 0 radical (unpaired) electrons. The molecule has 9 heteroatoms. The van der Waals surface area contributed by atoms with Gasteiger partial charge in [0.05, 0.1) is 18.4 Å². The first-order chi connectivity index (χ1) is 13.3. The molecule has 28 heavy (non-hydrogen) atoms. The fourth-order valence-corrected chi connectivity index (χ4v) is 4.43. The van der Waals surface area contributed by atoms with Gasteiger partial charge in [-0.2, -0.15) is 5.10 Å². The standard InChI is InChI=1S/C19H21Cl2N5O2/c1-11-14(20)4-3-5-15(11)23-17(27)10-26-12-6-13(26)9-25(8-12)16-7-22-24(2)19(28)18(16)21/h3-5,7,12-13H,6,8-10H2,1-2H3,(H,23,27). The number of benzene rings is 1. The molecule has 0 spiro atoms. The van der Waals surface area contributed by atoms with Crippen molar-refractivity contribution in [2.75, 3.05) is 29.9 Å². The highest BCUT2D eigenvalue weighted by Gasteiger charge is 2.45. The molecule has 2 bridgehead atoms. The zero-order valence-corrected chi connectivity index (χ0v) is 17.2. The highest BCUT2D eigenvalue weighted by atomic mass is 35.5. The first kappa shape index (κ1) is 19.2. The number of halogens is 2. The van der Waals surface area contributed by atoms with E-state index in [1.54, 1.807) is 19.3 Å². The van der Waals surface area contributed by atoms with E-state index in [4.69, 9.17) is 23.2 Å². The van der Waals surface area contributed by atoms with Crippen LogP contribution in [0.15, 0.2) is 29.2 Å². The van der Waals surface area contributed by atoms with Crippen molar-refractivity contribution in [2.24, 2.45) is 7.05 Å². The minimum atomic E-state index is -0.300. The van der Waals surface area contributed by atoms with Crippen LogP contribution < -0.4 is 15.8 Å². The molecule has 3 aliphatic rings. The molecule has 3 saturated heterocycles. The van der Waals surface area contributed by atoms with Gasteiger partial charge in [0.25, 0.3) is 5.56 Å². The number of anilines is 2. The molecule has 3 aliphatic heterocycles. The molecule has 4 heterocycles. The lowest BCUT2D eigenvalue weighted by atomic mass is 9.87. The molecule has 0 saturated carbocycles. The van der Waals surface area contributed by atoms with Crippen LogP contribution in [0.4, 0.5) is 11.4 Å². The number of aromatic nitrogens is 2. The van der Waals surface area contributed by atoms with Gasteiger partial charge < -0.3 is 10.2 Å². The van der Waals surface area contributed by atoms with E-state index in [0.717, 1.165) is 17.7 Å². The van der Waals surface area contributed by atoms with Crippen molar-refractivity contribution in [1.82, 2.24) is 14.7 Å². The Balaban J connectivity index is 1.40. The average molecular weight is 422 g/mol. The Hall–Kier alpha value is -2.09. The number of carbonyl (C=O) groups excluding carboxylic acids is 1. The third kappa shape index (κ3) is 3.38. The Morgan fingerprint density at radius 3 is 2.71 bits per heavy atom. The minimum absolute atomic E-state index is 0.0539. The van der Waals surface area contributed by atoms with Crippen LogP contribution in [-0.4, -0.2) is 52.3 Å². The van der Waals surface area contributed by atoms with Crippen molar-refractivity contribution in [3.05, 3.63) is 50.4 Å². The summed E-state index contributed by atoms with van der Waals surface area (Å²) in [4.78, 5) is 28.8. The van der Waals surface area contributed by atoms with E-state index in [1.165, 1.54) is 4.68 Å². The molecule has 1 N–H and O–H groups in total. The van der Waals surface area contributed by atoms with Crippen LogP contribution in [0.2, 0.25) is 10.0 Å². The molecule has 2 unspecified atom stereocenters. The van der Waals surface area contributed by atoms with E-state index in [-0.39, 0.29) is 28.6 Å². The van der Waals surface area contributed by atoms with Crippen molar-refractivity contribution in [3.63, 3.8) is 0 Å². The van der Waals surface area contributed by atoms with Gasteiger partial charge in [0.15, 0.2) is 0 Å². The van der Waals surface area contributed by atoms with Gasteiger partial charge in [-0.3, -0.25) is 14.5 Å². The number of fused-ring (bicyclic) bond motifs is 2. The Morgan fingerprint density at radius 1 is 1.29 bits per heavy atom. The van der Waals surface area contributed by atoms with Crippen molar-refractivity contribution in [1.29, 1.82) is 0 Å². The largest absolute Gasteiger partial charge is 0.366 e. The number of hydrogen-bond donors (Lipinski definition) is 1. The maximum absolute atomic E-state index is 12.5. The Labute approximate surface area is 172 Å². The molecule has 2 aromatic rings. The smallest absolute Gasteiger partial charge is 0.287 e. The second kappa shape index (κ2) is 7.39. The summed E-state index contributed by atoms with van der Waals surface area (Å²) < 4.78 is 1.23. The molecule has 3 fully saturated rings. The topological polar surface area (TPSA) is 70.5 Å². The Morgan fingerprint density at radius 2 is 2.00 bits per heavy atom. The Kier molecular flexibility index (Phi) is 5.07. The van der Waals surface area contributed by atoms with E-state index in [1.807, 2.05) is 19.1 Å². The van der Waals surface area contributed by atoms with Crippen LogP contribution in [0.25, 0.3) is 0 Å². The molecular weight excluding hydrogens is 401 g/mol. The van der Waals surface area contributed by atoms with Crippen molar-refractivity contribution in [2.45, 2.75) is 25.4 Å². The summed E-state index contributed by atoms with van der Waals surface area (Å²) in [6.45, 7) is 3.65. The normalized spacial score (nSPS) is 21.4. The number of rotatable bonds is 4. The van der Waals surface area contributed by atoms with Crippen molar-refractivity contribution < 1.29 is 4.79 Å². The van der Waals surface area contributed by atoms with Crippen LogP contribution >= 0.6 is 23.2 Å². The maximum atomic E-state index is 12.5. The number of piperazine rings is 1. The van der Waals surface area contributed by atoms with E-state index < -0.39 is 0 Å². The number of piperidine rings is 1. The summed E-state index contributed by atoms with van der Waals surface area (Å²) in [5.74, 6) is -0.0539. The molecule has 1 aromatic heterocycles. The summed E-state index contributed by atoms with van der Waals surface area (Å²) >= 11 is 12.3. The first-order valence-corrected chi connectivity index (χ1v) is 9.88. The van der Waals surface area contributed by atoms with Gasteiger partial charge in [-0.25, -0.2) is 4.68 Å². The zero-order valence-electron chi connectivity index (χ0n) is 15.7. The van der Waals surface area contributed by atoms with Crippen LogP contribution in [0.1, 0.15) is 12.0 Å². The molecule has 1 amide bonds. The second-order valence-corrected chi connectivity index (χ2v) is 8.14. The average Bonchev–Trinajstić information content (AvgIpc) is 2.68. The second-order valence-electron chi connectivity index (χ2n) is 7.35. The number of hydrogen-bond acceptors (Lipinski definition) is 5. The molecule has 7 nitrogen and oxygen atoms in total. The van der Waals surface area contributed by atoms with Crippen LogP contribution in [0.3, 0.4) is 0 Å². The summed E-state index contributed by atoms with van der Waals surface area (Å²) in [7, 11) is 1.58. The van der Waals surface area contributed by atoms with Gasteiger partial charge in [-0.05, 0) is 31.0 Å². The van der Waals surface area contributed by atoms with Gasteiger partial charge >= 0.3 is 0 Å². The third-order valence-electron chi connectivity index (χ3n) is 5.61. The lowest BCUT2D eigenvalue weighted by Crippen LogP contribution is -2.69. The number of carbonyl (C=O) groups is 1. The monoisotopic (exact) mass is 421 g/mol. The number of nitrogens with one attached hydrogen (secondary N) is 1. The van der Waals surface area contributed by atoms with Gasteiger partial charge in [-0.1, -0.05) is 29.3 Å². The van der Waals surface area contributed by atoms with Gasteiger partial charge in [0.1, 0.15) is 5.02 Å². The number of amides is 1. The minimum Gasteiger partial charge on any atom is -0.366 e. The molecule has 0 aliphatic carbocycles. The lowest BCUT2D eigenvalue weighted by Gasteiger charge is -2.56. The number of nitrogens with zero attached hydrogens (tertiary/aromatic N) is 4. The Bertz CT molecular complexity index is 981. The fraction of sp³-hybridized carbons (Fsp3) is 0.421. The summed E-state index contributed by atoms with van der Waals surface area (Å²) in [6, 6.07) is 5.99. The fourth-order valence-electron chi connectivity index (χ4n) is 3.96. The SMILES string of the molecule is Cc1c(Cl)cccc1NC(=O)CN1C2CC1CN(c1cnn(C)c(=O)c1Cl)C2. The lowest BCUT2D eigenvalue weighted by molar-refractivity contribution is -0.121. The van der Waals surface area contributed by atoms with Crippen LogP contribution in [-0.2, 0) is 11.8 Å². The van der Waals surface area contributed by atoms with Gasteiger partial charge in [0.2, 0.25) is 5.91 Å². The predicted octanol–water partition coefficient (Wildman–Crippen LogP) is 2.30. The highest BCUT2D eigenvalue weighted by Crippen LogP contribution is 2.35.